The number of aliphatic hydroxyl groups excluding tert-OH is 1. The van der Waals surface area contributed by atoms with Gasteiger partial charge in [-0.05, 0) is 44.0 Å². The lowest BCUT2D eigenvalue weighted by Crippen LogP contribution is -2.12. The fourth-order valence-corrected chi connectivity index (χ4v) is 4.02. The van der Waals surface area contributed by atoms with Gasteiger partial charge in [0.15, 0.2) is 0 Å². The van der Waals surface area contributed by atoms with Crippen molar-refractivity contribution in [2.24, 2.45) is 0 Å². The van der Waals surface area contributed by atoms with E-state index in [0.29, 0.717) is 0 Å². The summed E-state index contributed by atoms with van der Waals surface area (Å²) in [6.07, 6.45) is 6.20. The van der Waals surface area contributed by atoms with Gasteiger partial charge in [-0.3, -0.25) is 4.98 Å². The van der Waals surface area contributed by atoms with E-state index in [1.165, 1.54) is 24.2 Å². The Balaban J connectivity index is 2.02. The van der Waals surface area contributed by atoms with Crippen LogP contribution >= 0.6 is 11.8 Å². The van der Waals surface area contributed by atoms with E-state index in [4.69, 9.17) is 4.98 Å². The fourth-order valence-electron chi connectivity index (χ4n) is 2.81. The second-order valence-corrected chi connectivity index (χ2v) is 7.64. The zero-order valence-electron chi connectivity index (χ0n) is 14.8. The molecule has 0 saturated carbocycles. The first kappa shape index (κ1) is 19.0. The van der Waals surface area contributed by atoms with Crippen LogP contribution in [0.4, 0.5) is 0 Å². The summed E-state index contributed by atoms with van der Waals surface area (Å²) in [6.45, 7) is 4.24. The fraction of sp³-hybridized carbons (Fsp3) is 0.476. The average Bonchev–Trinajstić information content (AvgIpc) is 2.59. The molecule has 2 aromatic rings. The molecular weight excluding hydrogens is 314 g/mol. The second-order valence-electron chi connectivity index (χ2n) is 6.36. The molecule has 0 bridgehead atoms. The maximum absolute atomic E-state index is 10.5. The Labute approximate surface area is 150 Å². The molecule has 1 aromatic heterocycles. The number of nitrogens with zero attached hydrogens (tertiary/aromatic N) is 1. The molecule has 1 heterocycles. The number of aromatic nitrogens is 1. The van der Waals surface area contributed by atoms with Gasteiger partial charge in [0.25, 0.3) is 0 Å². The van der Waals surface area contributed by atoms with Crippen molar-refractivity contribution >= 4 is 11.8 Å². The van der Waals surface area contributed by atoms with Gasteiger partial charge in [-0.1, -0.05) is 56.9 Å². The van der Waals surface area contributed by atoms with Gasteiger partial charge < -0.3 is 5.11 Å². The normalized spacial score (nSPS) is 13.6. The lowest BCUT2D eigenvalue weighted by atomic mass is 10.0. The molecule has 1 aromatic carbocycles. The van der Waals surface area contributed by atoms with Gasteiger partial charge in [0, 0.05) is 10.6 Å². The van der Waals surface area contributed by atoms with Crippen molar-refractivity contribution in [2.45, 2.75) is 68.6 Å². The van der Waals surface area contributed by atoms with Crippen LogP contribution in [0.1, 0.15) is 62.1 Å². The number of thioether (sulfide) groups is 1. The summed E-state index contributed by atoms with van der Waals surface area (Å²) in [5, 5.41) is 10.7. The van der Waals surface area contributed by atoms with Crippen molar-refractivity contribution in [3.63, 3.8) is 0 Å². The highest BCUT2D eigenvalue weighted by Crippen LogP contribution is 2.38. The molecule has 2 nitrogen and oxygen atoms in total. The maximum atomic E-state index is 10.5. The number of benzene rings is 1. The molecule has 3 heteroatoms. The molecule has 0 aliphatic rings. The molecule has 2 atom stereocenters. The third-order valence-electron chi connectivity index (χ3n) is 4.14. The third kappa shape index (κ3) is 6.66. The summed E-state index contributed by atoms with van der Waals surface area (Å²) in [5.74, 6) is 0. The highest BCUT2D eigenvalue weighted by Gasteiger charge is 2.19. The van der Waals surface area contributed by atoms with Crippen LogP contribution in [0.25, 0.3) is 0 Å². The topological polar surface area (TPSA) is 33.1 Å². The molecule has 24 heavy (non-hydrogen) atoms. The minimum atomic E-state index is -0.259. The summed E-state index contributed by atoms with van der Waals surface area (Å²) in [4.78, 5) is 5.93. The monoisotopic (exact) mass is 343 g/mol. The minimum absolute atomic E-state index is 0.188. The number of pyridine rings is 1. The van der Waals surface area contributed by atoms with Crippen molar-refractivity contribution in [1.82, 2.24) is 4.98 Å². The van der Waals surface area contributed by atoms with Crippen molar-refractivity contribution in [1.29, 1.82) is 0 Å². The molecule has 0 radical (unpaired) electrons. The first-order valence-corrected chi connectivity index (χ1v) is 9.90. The van der Waals surface area contributed by atoms with Crippen LogP contribution in [0.3, 0.4) is 0 Å². The van der Waals surface area contributed by atoms with Crippen LogP contribution < -0.4 is 0 Å². The zero-order chi connectivity index (χ0) is 17.2. The van der Waals surface area contributed by atoms with E-state index in [0.717, 1.165) is 30.7 Å². The Morgan fingerprint density at radius 2 is 1.79 bits per heavy atom. The SMILES string of the molecule is CCCCCCC(O)CC(Sc1ccccc1)c1cccc(C)n1. The van der Waals surface area contributed by atoms with Crippen LogP contribution in [0.5, 0.6) is 0 Å². The Kier molecular flexibility index (Phi) is 8.34. The van der Waals surface area contributed by atoms with Gasteiger partial charge in [0.1, 0.15) is 0 Å². The molecule has 0 amide bonds. The predicted molar refractivity (Wildman–Crippen MR) is 103 cm³/mol. The van der Waals surface area contributed by atoms with Crippen molar-refractivity contribution < 1.29 is 5.11 Å². The summed E-state index contributed by atoms with van der Waals surface area (Å²) in [6, 6.07) is 16.6. The highest BCUT2D eigenvalue weighted by molar-refractivity contribution is 7.99. The Bertz CT molecular complexity index is 587. The standard InChI is InChI=1S/C21H29NOS/c1-3-4-5-7-12-18(23)16-21(20-15-10-11-17(2)22-20)24-19-13-8-6-9-14-19/h6,8-11,13-15,18,21,23H,3-5,7,12,16H2,1-2H3. The molecular formula is C21H29NOS. The first-order valence-electron chi connectivity index (χ1n) is 9.02. The predicted octanol–water partition coefficient (Wildman–Crippen LogP) is 5.94. The quantitative estimate of drug-likeness (QED) is 0.428. The van der Waals surface area contributed by atoms with E-state index in [2.05, 4.69) is 43.3 Å². The molecule has 0 aliphatic carbocycles. The molecule has 1 N–H and O–H groups in total. The van der Waals surface area contributed by atoms with E-state index in [-0.39, 0.29) is 11.4 Å². The highest BCUT2D eigenvalue weighted by atomic mass is 32.2. The van der Waals surface area contributed by atoms with Crippen molar-refractivity contribution in [3.8, 4) is 0 Å². The summed E-state index contributed by atoms with van der Waals surface area (Å²) in [5.41, 5.74) is 2.10. The van der Waals surface area contributed by atoms with E-state index in [1.54, 1.807) is 11.8 Å². The molecule has 0 spiro atoms. The van der Waals surface area contributed by atoms with Crippen molar-refractivity contribution in [2.75, 3.05) is 0 Å². The smallest absolute Gasteiger partial charge is 0.0554 e. The van der Waals surface area contributed by atoms with E-state index < -0.39 is 0 Å². The third-order valence-corrected chi connectivity index (χ3v) is 5.40. The summed E-state index contributed by atoms with van der Waals surface area (Å²) in [7, 11) is 0. The molecule has 2 unspecified atom stereocenters. The van der Waals surface area contributed by atoms with E-state index >= 15 is 0 Å². The number of hydrogen-bond donors (Lipinski definition) is 1. The number of aryl methyl sites for hydroxylation is 1. The van der Waals surface area contributed by atoms with Crippen LogP contribution in [-0.2, 0) is 0 Å². The minimum Gasteiger partial charge on any atom is -0.393 e. The lowest BCUT2D eigenvalue weighted by molar-refractivity contribution is 0.150. The summed E-state index contributed by atoms with van der Waals surface area (Å²) >= 11 is 1.80. The lowest BCUT2D eigenvalue weighted by Gasteiger charge is -2.20. The number of aliphatic hydroxyl groups is 1. The largest absolute Gasteiger partial charge is 0.393 e. The van der Waals surface area contributed by atoms with Gasteiger partial charge >= 0.3 is 0 Å². The number of hydrogen-bond acceptors (Lipinski definition) is 3. The molecule has 0 saturated heterocycles. The zero-order valence-corrected chi connectivity index (χ0v) is 15.6. The van der Waals surface area contributed by atoms with E-state index in [9.17, 15) is 5.11 Å². The molecule has 130 valence electrons. The number of rotatable bonds is 10. The van der Waals surface area contributed by atoms with Crippen LogP contribution in [-0.4, -0.2) is 16.2 Å². The Morgan fingerprint density at radius 3 is 2.50 bits per heavy atom. The van der Waals surface area contributed by atoms with Crippen LogP contribution in [0, 0.1) is 6.92 Å². The summed E-state index contributed by atoms with van der Waals surface area (Å²) < 4.78 is 0. The second kappa shape index (κ2) is 10.5. The first-order chi connectivity index (χ1) is 11.7. The van der Waals surface area contributed by atoms with Gasteiger partial charge in [-0.15, -0.1) is 11.8 Å². The molecule has 0 fully saturated rings. The average molecular weight is 344 g/mol. The van der Waals surface area contributed by atoms with Gasteiger partial charge in [-0.25, -0.2) is 0 Å². The Hall–Kier alpha value is -1.32. The van der Waals surface area contributed by atoms with Gasteiger partial charge in [0.05, 0.1) is 17.0 Å². The van der Waals surface area contributed by atoms with Gasteiger partial charge in [0.2, 0.25) is 0 Å². The molecule has 2 rings (SSSR count). The van der Waals surface area contributed by atoms with Crippen LogP contribution in [0.15, 0.2) is 53.4 Å². The van der Waals surface area contributed by atoms with Crippen molar-refractivity contribution in [3.05, 3.63) is 59.9 Å². The van der Waals surface area contributed by atoms with E-state index in [1.807, 2.05) is 19.1 Å². The van der Waals surface area contributed by atoms with Crippen LogP contribution in [0.2, 0.25) is 0 Å². The maximum Gasteiger partial charge on any atom is 0.0554 e. The molecule has 0 aliphatic heterocycles. The van der Waals surface area contributed by atoms with Gasteiger partial charge in [-0.2, -0.15) is 0 Å². The number of unbranched alkanes of at least 4 members (excludes halogenated alkanes) is 3. The Morgan fingerprint density at radius 1 is 1.00 bits per heavy atom.